The molecule has 4 aromatic carbocycles. The van der Waals surface area contributed by atoms with Gasteiger partial charge in [-0.1, -0.05) is 88.4 Å². The number of imidazole rings is 1. The van der Waals surface area contributed by atoms with E-state index in [1.807, 2.05) is 6.20 Å². The lowest BCUT2D eigenvalue weighted by molar-refractivity contribution is 0.806. The van der Waals surface area contributed by atoms with E-state index in [0.29, 0.717) is 11.8 Å². The molecule has 5 aromatic rings. The molecule has 4 nitrogen and oxygen atoms in total. The van der Waals surface area contributed by atoms with E-state index < -0.39 is 0 Å². The van der Waals surface area contributed by atoms with Crippen LogP contribution in [0.25, 0.3) is 17.1 Å². The fourth-order valence-electron chi connectivity index (χ4n) is 5.98. The molecule has 0 saturated carbocycles. The van der Waals surface area contributed by atoms with E-state index in [9.17, 15) is 0 Å². The first-order valence-corrected chi connectivity index (χ1v) is 14.3. The van der Waals surface area contributed by atoms with Gasteiger partial charge in [-0.2, -0.15) is 0 Å². The largest absolute Gasteiger partial charge is 0.355 e. The topological polar surface area (TPSA) is 24.3 Å². The second-order valence-corrected chi connectivity index (χ2v) is 11.5. The van der Waals surface area contributed by atoms with E-state index in [4.69, 9.17) is 4.98 Å². The highest BCUT2D eigenvalue weighted by molar-refractivity contribution is 5.82. The Morgan fingerprint density at radius 3 is 2.10 bits per heavy atom. The van der Waals surface area contributed by atoms with Gasteiger partial charge in [0.2, 0.25) is 0 Å². The highest BCUT2D eigenvalue weighted by Gasteiger charge is 2.24. The van der Waals surface area contributed by atoms with Crippen molar-refractivity contribution >= 4 is 17.1 Å². The van der Waals surface area contributed by atoms with Crippen LogP contribution in [0.5, 0.6) is 0 Å². The van der Waals surface area contributed by atoms with Gasteiger partial charge in [0, 0.05) is 30.7 Å². The third-order valence-electron chi connectivity index (χ3n) is 7.98. The predicted molar refractivity (Wildman–Crippen MR) is 168 cm³/mol. The van der Waals surface area contributed by atoms with Crippen LogP contribution < -0.4 is 9.80 Å². The van der Waals surface area contributed by atoms with Crippen molar-refractivity contribution in [3.63, 3.8) is 0 Å². The molecule has 0 saturated heterocycles. The quantitative estimate of drug-likeness (QED) is 0.212. The molecular formula is C36H38N4. The Labute approximate surface area is 238 Å². The van der Waals surface area contributed by atoms with Crippen molar-refractivity contribution < 1.29 is 0 Å². The molecule has 0 aliphatic carbocycles. The van der Waals surface area contributed by atoms with Crippen LogP contribution >= 0.6 is 0 Å². The van der Waals surface area contributed by atoms with Gasteiger partial charge in [-0.15, -0.1) is 0 Å². The Morgan fingerprint density at radius 1 is 0.725 bits per heavy atom. The summed E-state index contributed by atoms with van der Waals surface area (Å²) in [4.78, 5) is 9.55. The summed E-state index contributed by atoms with van der Waals surface area (Å²) in [5, 5.41) is 0. The van der Waals surface area contributed by atoms with Gasteiger partial charge in [0.1, 0.15) is 5.82 Å². The fourth-order valence-corrected chi connectivity index (χ4v) is 5.98. The van der Waals surface area contributed by atoms with Gasteiger partial charge in [0.25, 0.3) is 0 Å². The van der Waals surface area contributed by atoms with E-state index in [0.717, 1.165) is 24.5 Å². The molecular weight excluding hydrogens is 488 g/mol. The number of hydrogen-bond acceptors (Lipinski definition) is 3. The van der Waals surface area contributed by atoms with Crippen molar-refractivity contribution in [2.24, 2.45) is 0 Å². The smallest absolute Gasteiger partial charge is 0.144 e. The number of fused-ring (bicyclic) bond motifs is 1. The molecule has 0 N–H and O–H groups in total. The molecule has 0 spiro atoms. The Bertz CT molecular complexity index is 1620. The minimum Gasteiger partial charge on any atom is -0.355 e. The molecule has 0 atom stereocenters. The molecule has 202 valence electrons. The Hall–Kier alpha value is -4.31. The van der Waals surface area contributed by atoms with Crippen LogP contribution in [-0.2, 0) is 6.42 Å². The summed E-state index contributed by atoms with van der Waals surface area (Å²) in [5.41, 5.74) is 11.5. The third kappa shape index (κ3) is 4.79. The van der Waals surface area contributed by atoms with Gasteiger partial charge in [-0.3, -0.25) is 4.57 Å². The highest BCUT2D eigenvalue weighted by Crippen LogP contribution is 2.40. The molecule has 1 aromatic heterocycles. The maximum atomic E-state index is 4.86. The van der Waals surface area contributed by atoms with Gasteiger partial charge in [0.15, 0.2) is 0 Å². The number of rotatable bonds is 7. The monoisotopic (exact) mass is 526 g/mol. The van der Waals surface area contributed by atoms with Crippen LogP contribution in [0.1, 0.15) is 61.8 Å². The summed E-state index contributed by atoms with van der Waals surface area (Å²) in [7, 11) is 2.15. The third-order valence-corrected chi connectivity index (χ3v) is 7.98. The number of para-hydroxylation sites is 3. The Morgan fingerprint density at radius 2 is 1.38 bits per heavy atom. The summed E-state index contributed by atoms with van der Waals surface area (Å²) in [6, 6.07) is 33.2. The van der Waals surface area contributed by atoms with E-state index in [2.05, 4.69) is 146 Å². The molecule has 0 fully saturated rings. The normalized spacial score (nSPS) is 13.0. The van der Waals surface area contributed by atoms with Crippen LogP contribution in [0, 0.1) is 0 Å². The van der Waals surface area contributed by atoms with Gasteiger partial charge in [-0.25, -0.2) is 4.98 Å². The highest BCUT2D eigenvalue weighted by atomic mass is 15.4. The number of hydrogen-bond donors (Lipinski definition) is 0. The maximum absolute atomic E-state index is 4.86. The molecule has 1 aliphatic rings. The van der Waals surface area contributed by atoms with E-state index >= 15 is 0 Å². The predicted octanol–water partition coefficient (Wildman–Crippen LogP) is 8.92. The zero-order chi connectivity index (χ0) is 27.8. The van der Waals surface area contributed by atoms with Crippen LogP contribution in [0.3, 0.4) is 0 Å². The summed E-state index contributed by atoms with van der Waals surface area (Å²) >= 11 is 0. The molecule has 0 radical (unpaired) electrons. The van der Waals surface area contributed by atoms with Crippen molar-refractivity contribution in [2.45, 2.75) is 46.0 Å². The molecule has 2 heterocycles. The lowest BCUT2D eigenvalue weighted by Gasteiger charge is -2.22. The van der Waals surface area contributed by atoms with Gasteiger partial charge in [0.05, 0.1) is 23.7 Å². The minimum absolute atomic E-state index is 0.421. The van der Waals surface area contributed by atoms with Crippen molar-refractivity contribution in [3.8, 4) is 17.1 Å². The number of benzene rings is 4. The molecule has 1 aliphatic heterocycles. The second kappa shape index (κ2) is 10.7. The average molecular weight is 527 g/mol. The van der Waals surface area contributed by atoms with E-state index in [-0.39, 0.29) is 0 Å². The molecule has 6 rings (SSSR count). The first-order valence-electron chi connectivity index (χ1n) is 14.3. The molecule has 0 bridgehead atoms. The van der Waals surface area contributed by atoms with Gasteiger partial charge < -0.3 is 9.80 Å². The number of nitrogens with zero attached hydrogens (tertiary/aromatic N) is 4. The number of aromatic nitrogens is 2. The molecule has 0 unspecified atom stereocenters. The average Bonchev–Trinajstić information content (AvgIpc) is 3.58. The van der Waals surface area contributed by atoms with Crippen molar-refractivity contribution in [1.29, 1.82) is 0 Å². The summed E-state index contributed by atoms with van der Waals surface area (Å²) in [6.07, 6.45) is 4.91. The van der Waals surface area contributed by atoms with Gasteiger partial charge in [-0.05, 0) is 70.8 Å². The first kappa shape index (κ1) is 25.9. The molecule has 40 heavy (non-hydrogen) atoms. The van der Waals surface area contributed by atoms with Gasteiger partial charge >= 0.3 is 0 Å². The van der Waals surface area contributed by atoms with E-state index in [1.165, 1.54) is 45.0 Å². The zero-order valence-corrected chi connectivity index (χ0v) is 24.2. The van der Waals surface area contributed by atoms with Crippen LogP contribution in [0.4, 0.5) is 17.1 Å². The lowest BCUT2D eigenvalue weighted by atomic mass is 9.92. The molecule has 0 amide bonds. The van der Waals surface area contributed by atoms with Crippen molar-refractivity contribution in [3.05, 3.63) is 126 Å². The summed E-state index contributed by atoms with van der Waals surface area (Å²) < 4.78 is 2.30. The van der Waals surface area contributed by atoms with Crippen LogP contribution in [-0.4, -0.2) is 23.3 Å². The van der Waals surface area contributed by atoms with E-state index in [1.54, 1.807) is 0 Å². The van der Waals surface area contributed by atoms with Crippen LogP contribution in [0.15, 0.2) is 103 Å². The Balaban J connectivity index is 1.32. The Kier molecular flexibility index (Phi) is 6.93. The maximum Gasteiger partial charge on any atom is 0.144 e. The minimum atomic E-state index is 0.421. The lowest BCUT2D eigenvalue weighted by Crippen LogP contribution is -2.24. The summed E-state index contributed by atoms with van der Waals surface area (Å²) in [5.74, 6) is 1.83. The zero-order valence-electron chi connectivity index (χ0n) is 24.2. The van der Waals surface area contributed by atoms with Crippen molar-refractivity contribution in [2.75, 3.05) is 23.5 Å². The SMILES string of the molecule is CC(C)c1cccc(C(C)C)c1-n1ccnc1-c1cccc(Cc2cccc(N3CN(C)c4ccccc43)c2)c1. The standard InChI is InChI=1S/C36H38N4/c1-25(2)31-15-10-16-32(26(3)4)35(31)39-20-19-37-36(39)29-13-8-11-27(22-29)21-28-12-9-14-30(23-28)40-24-38(5)33-17-6-7-18-34(33)40/h6-20,22-23,25-26H,21,24H2,1-5H3. The molecule has 4 heteroatoms. The first-order chi connectivity index (χ1) is 19.4. The summed E-state index contributed by atoms with van der Waals surface area (Å²) in [6.45, 7) is 9.94. The fraction of sp³-hybridized carbons (Fsp3) is 0.250. The number of anilines is 3. The second-order valence-electron chi connectivity index (χ2n) is 11.5. The van der Waals surface area contributed by atoms with Crippen molar-refractivity contribution in [1.82, 2.24) is 9.55 Å². The van der Waals surface area contributed by atoms with Crippen LogP contribution in [0.2, 0.25) is 0 Å².